The maximum absolute atomic E-state index is 9.59. The van der Waals surface area contributed by atoms with Gasteiger partial charge in [0.05, 0.1) is 0 Å². The monoisotopic (exact) mass is 194 g/mol. The normalized spacial score (nSPS) is 12.9. The lowest BCUT2D eigenvalue weighted by Crippen LogP contribution is -1.99. The van der Waals surface area contributed by atoms with Crippen LogP contribution in [0.1, 0.15) is 42.9 Å². The largest absolute Gasteiger partial charge is 0.508 e. The lowest BCUT2D eigenvalue weighted by molar-refractivity contribution is 0.442. The molecular weight excluding hydrogens is 176 g/mol. The molecule has 1 atom stereocenters. The van der Waals surface area contributed by atoms with Crippen molar-refractivity contribution in [2.45, 2.75) is 40.0 Å². The van der Waals surface area contributed by atoms with E-state index < -0.39 is 0 Å². The fraction of sp³-hybridized carbons (Fsp3) is 0.500. The molecule has 1 aromatic carbocycles. The lowest BCUT2D eigenvalue weighted by Gasteiger charge is -2.17. The molecule has 0 aliphatic heterocycles. The molecule has 1 unspecified atom stereocenters. The summed E-state index contributed by atoms with van der Waals surface area (Å²) in [5.41, 5.74) is 2.84. The zero-order valence-electron chi connectivity index (χ0n) is 9.26. The van der Waals surface area contributed by atoms with Gasteiger partial charge in [0, 0.05) is 6.07 Å². The molecular formula is C12H18O2. The fourth-order valence-corrected chi connectivity index (χ4v) is 1.85. The summed E-state index contributed by atoms with van der Waals surface area (Å²) in [7, 11) is 0. The molecule has 14 heavy (non-hydrogen) atoms. The molecule has 0 aromatic heterocycles. The van der Waals surface area contributed by atoms with Gasteiger partial charge in [-0.25, -0.2) is 0 Å². The summed E-state index contributed by atoms with van der Waals surface area (Å²) in [5.74, 6) is 0.736. The topological polar surface area (TPSA) is 40.5 Å². The van der Waals surface area contributed by atoms with E-state index in [-0.39, 0.29) is 11.5 Å². The van der Waals surface area contributed by atoms with E-state index in [0.717, 1.165) is 23.1 Å². The van der Waals surface area contributed by atoms with Gasteiger partial charge in [-0.05, 0) is 42.9 Å². The molecule has 0 aliphatic rings. The molecule has 0 saturated carbocycles. The van der Waals surface area contributed by atoms with Gasteiger partial charge in [-0.1, -0.05) is 13.8 Å². The summed E-state index contributed by atoms with van der Waals surface area (Å²) >= 11 is 0. The van der Waals surface area contributed by atoms with Crippen molar-refractivity contribution in [2.75, 3.05) is 0 Å². The van der Waals surface area contributed by atoms with Crippen molar-refractivity contribution >= 4 is 0 Å². The van der Waals surface area contributed by atoms with Crippen molar-refractivity contribution in [3.8, 4) is 11.5 Å². The van der Waals surface area contributed by atoms with E-state index in [1.807, 2.05) is 13.8 Å². The van der Waals surface area contributed by atoms with Crippen LogP contribution in [-0.4, -0.2) is 10.2 Å². The second-order valence-electron chi connectivity index (χ2n) is 3.89. The first-order valence-corrected chi connectivity index (χ1v) is 5.01. The van der Waals surface area contributed by atoms with E-state index >= 15 is 0 Å². The first-order valence-electron chi connectivity index (χ1n) is 5.01. The van der Waals surface area contributed by atoms with Crippen LogP contribution in [-0.2, 0) is 0 Å². The average molecular weight is 194 g/mol. The highest BCUT2D eigenvalue weighted by molar-refractivity contribution is 5.51. The van der Waals surface area contributed by atoms with Crippen LogP contribution < -0.4 is 0 Å². The van der Waals surface area contributed by atoms with Crippen molar-refractivity contribution < 1.29 is 10.2 Å². The predicted octanol–water partition coefficient (Wildman–Crippen LogP) is 3.23. The third kappa shape index (κ3) is 1.69. The van der Waals surface area contributed by atoms with Gasteiger partial charge in [0.2, 0.25) is 0 Å². The number of benzene rings is 1. The summed E-state index contributed by atoms with van der Waals surface area (Å²) in [6.07, 6.45) is 1.00. The van der Waals surface area contributed by atoms with Crippen molar-refractivity contribution in [1.82, 2.24) is 0 Å². The van der Waals surface area contributed by atoms with E-state index in [2.05, 4.69) is 13.8 Å². The molecule has 0 aliphatic carbocycles. The molecule has 1 aromatic rings. The number of hydrogen-bond acceptors (Lipinski definition) is 2. The van der Waals surface area contributed by atoms with Gasteiger partial charge in [0.25, 0.3) is 0 Å². The highest BCUT2D eigenvalue weighted by Gasteiger charge is 2.15. The van der Waals surface area contributed by atoms with Crippen LogP contribution in [0.5, 0.6) is 11.5 Å². The highest BCUT2D eigenvalue weighted by Crippen LogP contribution is 2.36. The number of rotatable bonds is 2. The van der Waals surface area contributed by atoms with E-state index in [1.165, 1.54) is 6.07 Å². The molecule has 0 heterocycles. The summed E-state index contributed by atoms with van der Waals surface area (Å²) in [6.45, 7) is 7.99. The van der Waals surface area contributed by atoms with Gasteiger partial charge in [-0.15, -0.1) is 0 Å². The molecule has 0 radical (unpaired) electrons. The molecule has 2 N–H and O–H groups in total. The van der Waals surface area contributed by atoms with Crippen molar-refractivity contribution in [3.05, 3.63) is 22.8 Å². The smallest absolute Gasteiger partial charge is 0.122 e. The Hall–Kier alpha value is -1.18. The first kappa shape index (κ1) is 10.9. The maximum Gasteiger partial charge on any atom is 0.122 e. The Kier molecular flexibility index (Phi) is 3.04. The van der Waals surface area contributed by atoms with E-state index in [9.17, 15) is 10.2 Å². The summed E-state index contributed by atoms with van der Waals surface area (Å²) in [5, 5.41) is 19.2. The molecule has 78 valence electrons. The Labute approximate surface area is 85.2 Å². The van der Waals surface area contributed by atoms with Crippen LogP contribution in [0.25, 0.3) is 0 Å². The Bertz CT molecular complexity index is 316. The van der Waals surface area contributed by atoms with Crippen LogP contribution in [0.2, 0.25) is 0 Å². The van der Waals surface area contributed by atoms with E-state index in [1.54, 1.807) is 0 Å². The molecule has 0 amide bonds. The van der Waals surface area contributed by atoms with Gasteiger partial charge < -0.3 is 10.2 Å². The minimum Gasteiger partial charge on any atom is -0.508 e. The van der Waals surface area contributed by atoms with Crippen LogP contribution in [0, 0.1) is 13.8 Å². The van der Waals surface area contributed by atoms with E-state index in [4.69, 9.17) is 0 Å². The van der Waals surface area contributed by atoms with Gasteiger partial charge in [0.1, 0.15) is 11.5 Å². The summed E-state index contributed by atoms with van der Waals surface area (Å²) in [6, 6.07) is 1.41. The third-order valence-electron chi connectivity index (χ3n) is 2.96. The second kappa shape index (κ2) is 3.91. The Morgan fingerprint density at radius 1 is 1.14 bits per heavy atom. The predicted molar refractivity (Wildman–Crippen MR) is 58.0 cm³/mol. The minimum absolute atomic E-state index is 0.184. The van der Waals surface area contributed by atoms with Crippen LogP contribution in [0.15, 0.2) is 6.07 Å². The molecule has 0 spiro atoms. The molecule has 2 heteroatoms. The van der Waals surface area contributed by atoms with Crippen LogP contribution in [0.4, 0.5) is 0 Å². The van der Waals surface area contributed by atoms with Crippen molar-refractivity contribution in [3.63, 3.8) is 0 Å². The Balaban J connectivity index is 3.39. The van der Waals surface area contributed by atoms with Crippen molar-refractivity contribution in [1.29, 1.82) is 0 Å². The third-order valence-corrected chi connectivity index (χ3v) is 2.96. The molecule has 0 saturated heterocycles. The van der Waals surface area contributed by atoms with Crippen LogP contribution >= 0.6 is 0 Å². The summed E-state index contributed by atoms with van der Waals surface area (Å²) in [4.78, 5) is 0. The standard InChI is InChI=1S/C12H18O2/c1-5-7(2)12-8(3)10(13)6-11(14)9(12)4/h6-7,13-14H,5H2,1-4H3. The van der Waals surface area contributed by atoms with Crippen LogP contribution in [0.3, 0.4) is 0 Å². The second-order valence-corrected chi connectivity index (χ2v) is 3.89. The van der Waals surface area contributed by atoms with E-state index in [0.29, 0.717) is 5.92 Å². The van der Waals surface area contributed by atoms with Gasteiger partial charge >= 0.3 is 0 Å². The summed E-state index contributed by atoms with van der Waals surface area (Å²) < 4.78 is 0. The average Bonchev–Trinajstić information content (AvgIpc) is 2.15. The first-order chi connectivity index (χ1) is 6.49. The molecule has 1 rings (SSSR count). The molecule has 0 fully saturated rings. The zero-order valence-corrected chi connectivity index (χ0v) is 9.26. The fourth-order valence-electron chi connectivity index (χ4n) is 1.85. The number of phenols is 2. The highest BCUT2D eigenvalue weighted by atomic mass is 16.3. The van der Waals surface area contributed by atoms with Gasteiger partial charge in [-0.2, -0.15) is 0 Å². The van der Waals surface area contributed by atoms with Gasteiger partial charge in [-0.3, -0.25) is 0 Å². The zero-order chi connectivity index (χ0) is 10.9. The maximum atomic E-state index is 9.59. The number of hydrogen-bond donors (Lipinski definition) is 2. The molecule has 2 nitrogen and oxygen atoms in total. The minimum atomic E-state index is 0.184. The number of aromatic hydroxyl groups is 2. The van der Waals surface area contributed by atoms with Crippen molar-refractivity contribution in [2.24, 2.45) is 0 Å². The molecule has 0 bridgehead atoms. The lowest BCUT2D eigenvalue weighted by atomic mass is 9.89. The number of phenolic OH excluding ortho intramolecular Hbond substituents is 2. The quantitative estimate of drug-likeness (QED) is 0.758. The Morgan fingerprint density at radius 3 is 1.93 bits per heavy atom. The van der Waals surface area contributed by atoms with Gasteiger partial charge in [0.15, 0.2) is 0 Å². The SMILES string of the molecule is CCC(C)c1c(C)c(O)cc(O)c1C. The Morgan fingerprint density at radius 2 is 1.57 bits per heavy atom.